The van der Waals surface area contributed by atoms with Crippen LogP contribution in [0.3, 0.4) is 0 Å². The fourth-order valence-electron chi connectivity index (χ4n) is 2.04. The Morgan fingerprint density at radius 2 is 2.11 bits per heavy atom. The molecular weight excluding hydrogens is 232 g/mol. The van der Waals surface area contributed by atoms with E-state index in [1.165, 1.54) is 4.90 Å². The third-order valence-corrected chi connectivity index (χ3v) is 2.84. The maximum absolute atomic E-state index is 11.8. The molecular formula is C13H16N2O3. The molecule has 1 fully saturated rings. The molecule has 1 aromatic rings. The van der Waals surface area contributed by atoms with Crippen LogP contribution >= 0.6 is 0 Å². The summed E-state index contributed by atoms with van der Waals surface area (Å²) >= 11 is 0. The third-order valence-electron chi connectivity index (χ3n) is 2.84. The van der Waals surface area contributed by atoms with Gasteiger partial charge >= 0.3 is 0 Å². The summed E-state index contributed by atoms with van der Waals surface area (Å²) in [6.45, 7) is 1.76. The van der Waals surface area contributed by atoms with Crippen LogP contribution < -0.4 is 10.2 Å². The Balaban J connectivity index is 2.31. The highest BCUT2D eigenvalue weighted by atomic mass is 16.3. The molecule has 0 aromatic heterocycles. The summed E-state index contributed by atoms with van der Waals surface area (Å²) in [5.74, 6) is -0.297. The summed E-state index contributed by atoms with van der Waals surface area (Å²) in [7, 11) is 0. The molecule has 2 rings (SSSR count). The number of benzene rings is 1. The molecule has 1 heterocycles. The number of hydrogen-bond donors (Lipinski definition) is 2. The highest BCUT2D eigenvalue weighted by molar-refractivity contribution is 6.04. The summed E-state index contributed by atoms with van der Waals surface area (Å²) in [4.78, 5) is 24.7. The highest BCUT2D eigenvalue weighted by Gasteiger charge is 2.25. The Morgan fingerprint density at radius 1 is 1.39 bits per heavy atom. The minimum Gasteiger partial charge on any atom is -0.393 e. The number of aliphatic hydroxyl groups excluding tert-OH is 1. The number of hydrogen-bond acceptors (Lipinski definition) is 3. The van der Waals surface area contributed by atoms with Gasteiger partial charge < -0.3 is 15.3 Å². The first-order chi connectivity index (χ1) is 8.58. The zero-order chi connectivity index (χ0) is 13.1. The van der Waals surface area contributed by atoms with Gasteiger partial charge in [0.25, 0.3) is 0 Å². The highest BCUT2D eigenvalue weighted by Crippen LogP contribution is 2.22. The van der Waals surface area contributed by atoms with Gasteiger partial charge in [0.2, 0.25) is 11.8 Å². The predicted octanol–water partition coefficient (Wildman–Crippen LogP) is 0.0727. The number of nitrogens with zero attached hydrogens (tertiary/aromatic N) is 1. The van der Waals surface area contributed by atoms with E-state index < -0.39 is 6.10 Å². The topological polar surface area (TPSA) is 69.6 Å². The van der Waals surface area contributed by atoms with Gasteiger partial charge in [-0.2, -0.15) is 0 Å². The van der Waals surface area contributed by atoms with E-state index in [0.29, 0.717) is 12.1 Å². The summed E-state index contributed by atoms with van der Waals surface area (Å²) in [6, 6.07) is 7.34. The second-order valence-corrected chi connectivity index (χ2v) is 4.44. The Bertz CT molecular complexity index is 471. The predicted molar refractivity (Wildman–Crippen MR) is 67.2 cm³/mol. The summed E-state index contributed by atoms with van der Waals surface area (Å²) in [6.07, 6.45) is -0.0263. The van der Waals surface area contributed by atoms with Crippen molar-refractivity contribution in [2.45, 2.75) is 19.4 Å². The van der Waals surface area contributed by atoms with Gasteiger partial charge in [0.05, 0.1) is 12.6 Å². The van der Waals surface area contributed by atoms with E-state index >= 15 is 0 Å². The van der Waals surface area contributed by atoms with Gasteiger partial charge in [-0.1, -0.05) is 18.2 Å². The van der Waals surface area contributed by atoms with E-state index in [-0.39, 0.29) is 24.9 Å². The maximum atomic E-state index is 11.8. The van der Waals surface area contributed by atoms with Crippen LogP contribution in [0.15, 0.2) is 24.3 Å². The Morgan fingerprint density at radius 3 is 2.83 bits per heavy atom. The van der Waals surface area contributed by atoms with Gasteiger partial charge in [0, 0.05) is 12.1 Å². The van der Waals surface area contributed by atoms with Gasteiger partial charge in [0.1, 0.15) is 6.54 Å². The van der Waals surface area contributed by atoms with E-state index in [1.54, 1.807) is 13.0 Å². The molecule has 2 N–H and O–H groups in total. The van der Waals surface area contributed by atoms with Gasteiger partial charge in [-0.15, -0.1) is 0 Å². The van der Waals surface area contributed by atoms with E-state index in [2.05, 4.69) is 5.32 Å². The average molecular weight is 248 g/mol. The molecule has 5 nitrogen and oxygen atoms in total. The molecule has 0 saturated carbocycles. The average Bonchev–Trinajstić information content (AvgIpc) is 2.32. The van der Waals surface area contributed by atoms with E-state index in [1.807, 2.05) is 18.2 Å². The smallest absolute Gasteiger partial charge is 0.246 e. The van der Waals surface area contributed by atoms with Crippen molar-refractivity contribution in [3.63, 3.8) is 0 Å². The Hall–Kier alpha value is -1.88. The number of carbonyl (C=O) groups excluding carboxylic acids is 2. The SMILES string of the molecule is CC(O)Cc1ccccc1N1CC(=O)NCC1=O. The minimum absolute atomic E-state index is 0.0296. The zero-order valence-corrected chi connectivity index (χ0v) is 10.2. The lowest BCUT2D eigenvalue weighted by Gasteiger charge is -2.28. The summed E-state index contributed by atoms with van der Waals surface area (Å²) < 4.78 is 0. The lowest BCUT2D eigenvalue weighted by atomic mass is 10.0. The molecule has 0 spiro atoms. The van der Waals surface area contributed by atoms with Crippen LogP contribution in [0.4, 0.5) is 5.69 Å². The number of nitrogens with one attached hydrogen (secondary N) is 1. The second-order valence-electron chi connectivity index (χ2n) is 4.44. The molecule has 1 atom stereocenters. The van der Waals surface area contributed by atoms with Gasteiger partial charge in [0.15, 0.2) is 0 Å². The quantitative estimate of drug-likeness (QED) is 0.795. The van der Waals surface area contributed by atoms with Crippen molar-refractivity contribution in [2.75, 3.05) is 18.0 Å². The molecule has 1 aromatic carbocycles. The first kappa shape index (κ1) is 12.6. The second kappa shape index (κ2) is 5.18. The molecule has 96 valence electrons. The molecule has 1 aliphatic rings. The van der Waals surface area contributed by atoms with Gasteiger partial charge in [-0.25, -0.2) is 0 Å². The normalized spacial score (nSPS) is 17.6. The molecule has 2 amide bonds. The van der Waals surface area contributed by atoms with Crippen LogP contribution in [0.2, 0.25) is 0 Å². The first-order valence-corrected chi connectivity index (χ1v) is 5.91. The number of aliphatic hydroxyl groups is 1. The van der Waals surface area contributed by atoms with Gasteiger partial charge in [-0.3, -0.25) is 9.59 Å². The molecule has 5 heteroatoms. The van der Waals surface area contributed by atoms with Gasteiger partial charge in [-0.05, 0) is 18.6 Å². The number of rotatable bonds is 3. The van der Waals surface area contributed by atoms with E-state index in [4.69, 9.17) is 0 Å². The molecule has 1 unspecified atom stereocenters. The van der Waals surface area contributed by atoms with E-state index in [0.717, 1.165) is 5.56 Å². The summed E-state index contributed by atoms with van der Waals surface area (Å²) in [5.41, 5.74) is 1.58. The minimum atomic E-state index is -0.486. The van der Waals surface area contributed by atoms with Crippen molar-refractivity contribution in [3.05, 3.63) is 29.8 Å². The van der Waals surface area contributed by atoms with Crippen LogP contribution in [0.1, 0.15) is 12.5 Å². The molecule has 0 radical (unpaired) electrons. The molecule has 1 aliphatic heterocycles. The van der Waals surface area contributed by atoms with Crippen molar-refractivity contribution >= 4 is 17.5 Å². The standard InChI is InChI=1S/C13H16N2O3/c1-9(16)6-10-4-2-3-5-11(10)15-8-12(17)14-7-13(15)18/h2-5,9,16H,6-8H2,1H3,(H,14,17). The zero-order valence-electron chi connectivity index (χ0n) is 10.2. The number of carbonyl (C=O) groups is 2. The number of amides is 2. The van der Waals surface area contributed by atoms with Crippen LogP contribution in [-0.4, -0.2) is 36.1 Å². The molecule has 0 bridgehead atoms. The molecule has 0 aliphatic carbocycles. The lowest BCUT2D eigenvalue weighted by Crippen LogP contribution is -2.52. The first-order valence-electron chi connectivity index (χ1n) is 5.91. The fraction of sp³-hybridized carbons (Fsp3) is 0.385. The molecule has 1 saturated heterocycles. The maximum Gasteiger partial charge on any atom is 0.246 e. The van der Waals surface area contributed by atoms with Crippen molar-refractivity contribution in [3.8, 4) is 0 Å². The van der Waals surface area contributed by atoms with Crippen molar-refractivity contribution in [1.82, 2.24) is 5.32 Å². The van der Waals surface area contributed by atoms with Crippen molar-refractivity contribution in [2.24, 2.45) is 0 Å². The van der Waals surface area contributed by atoms with Crippen molar-refractivity contribution < 1.29 is 14.7 Å². The van der Waals surface area contributed by atoms with Crippen LogP contribution in [0.5, 0.6) is 0 Å². The number of anilines is 1. The monoisotopic (exact) mass is 248 g/mol. The Kier molecular flexibility index (Phi) is 3.62. The number of piperazine rings is 1. The van der Waals surface area contributed by atoms with Crippen LogP contribution in [0, 0.1) is 0 Å². The van der Waals surface area contributed by atoms with Crippen LogP contribution in [0.25, 0.3) is 0 Å². The van der Waals surface area contributed by atoms with Crippen molar-refractivity contribution in [1.29, 1.82) is 0 Å². The Labute approximate surface area is 105 Å². The number of para-hydroxylation sites is 1. The lowest BCUT2D eigenvalue weighted by molar-refractivity contribution is -0.128. The summed E-state index contributed by atoms with van der Waals surface area (Å²) in [5, 5.41) is 12.0. The van der Waals surface area contributed by atoms with Crippen LogP contribution in [-0.2, 0) is 16.0 Å². The fourth-order valence-corrected chi connectivity index (χ4v) is 2.04. The third kappa shape index (κ3) is 2.68. The largest absolute Gasteiger partial charge is 0.393 e. The molecule has 18 heavy (non-hydrogen) atoms. The van der Waals surface area contributed by atoms with E-state index in [9.17, 15) is 14.7 Å².